The molecule has 0 aliphatic heterocycles. The molecule has 246 valence electrons. The van der Waals surface area contributed by atoms with E-state index in [-0.39, 0.29) is 6.61 Å². The Balaban J connectivity index is 1.62. The molecule has 0 fully saturated rings. The van der Waals surface area contributed by atoms with Gasteiger partial charge in [0.25, 0.3) is 0 Å². The quantitative estimate of drug-likeness (QED) is 0.103. The van der Waals surface area contributed by atoms with Gasteiger partial charge in [-0.2, -0.15) is 0 Å². The molecule has 0 aliphatic rings. The number of hydrogen-bond acceptors (Lipinski definition) is 14. The van der Waals surface area contributed by atoms with Crippen molar-refractivity contribution in [1.82, 2.24) is 9.55 Å². The zero-order valence-electron chi connectivity index (χ0n) is 25.0. The number of carbonyl (C=O) groups excluding carboxylic acids is 1. The maximum atomic E-state index is 11.6. The number of rotatable bonds is 33. The molecule has 0 saturated carbocycles. The van der Waals surface area contributed by atoms with Crippen LogP contribution in [0.5, 0.6) is 0 Å². The molecule has 0 spiro atoms. The molecule has 0 radical (unpaired) electrons. The van der Waals surface area contributed by atoms with Crippen molar-refractivity contribution in [3.8, 4) is 0 Å². The molecular weight excluding hydrogens is 560 g/mol. The van der Waals surface area contributed by atoms with Crippen molar-refractivity contribution in [3.05, 3.63) is 18.7 Å². The first kappa shape index (κ1) is 38.3. The second-order valence-electron chi connectivity index (χ2n) is 8.20. The topological polar surface area (TPSA) is 146 Å². The van der Waals surface area contributed by atoms with Crippen LogP contribution in [0.15, 0.2) is 18.7 Å². The second-order valence-corrected chi connectivity index (χ2v) is 8.20. The lowest BCUT2D eigenvalue weighted by atomic mass is 10.6. The van der Waals surface area contributed by atoms with Crippen molar-refractivity contribution in [3.63, 3.8) is 0 Å². The van der Waals surface area contributed by atoms with Crippen molar-refractivity contribution >= 4 is 6.09 Å². The first-order valence-corrected chi connectivity index (χ1v) is 14.3. The van der Waals surface area contributed by atoms with E-state index in [0.29, 0.717) is 139 Å². The number of ether oxygens (including phenoxy) is 12. The third-order valence-electron chi connectivity index (χ3n) is 4.95. The van der Waals surface area contributed by atoms with E-state index < -0.39 is 6.09 Å². The number of methoxy groups -OCH3 is 1. The lowest BCUT2D eigenvalue weighted by molar-refractivity contribution is -0.0275. The van der Waals surface area contributed by atoms with Crippen molar-refractivity contribution < 1.29 is 61.6 Å². The number of carbonyl (C=O) groups is 1. The van der Waals surface area contributed by atoms with Crippen LogP contribution in [-0.2, 0) is 56.8 Å². The Morgan fingerprint density at radius 1 is 0.476 bits per heavy atom. The number of imidazole rings is 1. The predicted octanol–water partition coefficient (Wildman–Crippen LogP) is 0.680. The van der Waals surface area contributed by atoms with Gasteiger partial charge in [-0.05, 0) is 0 Å². The van der Waals surface area contributed by atoms with E-state index in [1.807, 2.05) is 0 Å². The van der Waals surface area contributed by atoms with Crippen LogP contribution >= 0.6 is 0 Å². The average molecular weight is 611 g/mol. The summed E-state index contributed by atoms with van der Waals surface area (Å²) < 4.78 is 65.2. The van der Waals surface area contributed by atoms with Crippen LogP contribution in [0.2, 0.25) is 0 Å². The molecule has 0 bridgehead atoms. The molecule has 42 heavy (non-hydrogen) atoms. The van der Waals surface area contributed by atoms with Crippen molar-refractivity contribution in [1.29, 1.82) is 0 Å². The van der Waals surface area contributed by atoms with Crippen LogP contribution in [0, 0.1) is 0 Å². The molecule has 0 N–H and O–H groups in total. The van der Waals surface area contributed by atoms with E-state index in [9.17, 15) is 4.79 Å². The summed E-state index contributed by atoms with van der Waals surface area (Å²) in [5, 5.41) is 0. The Morgan fingerprint density at radius 3 is 1.02 bits per heavy atom. The summed E-state index contributed by atoms with van der Waals surface area (Å²) in [6, 6.07) is 0. The van der Waals surface area contributed by atoms with Gasteiger partial charge in [-0.3, -0.25) is 0 Å². The molecule has 15 heteroatoms. The van der Waals surface area contributed by atoms with Crippen molar-refractivity contribution in [2.45, 2.75) is 0 Å². The zero-order valence-corrected chi connectivity index (χ0v) is 25.0. The third-order valence-corrected chi connectivity index (χ3v) is 4.95. The highest BCUT2D eigenvalue weighted by Crippen LogP contribution is 1.91. The van der Waals surface area contributed by atoms with Gasteiger partial charge in [-0.15, -0.1) is 0 Å². The summed E-state index contributed by atoms with van der Waals surface area (Å²) in [4.78, 5) is 15.3. The Labute approximate surface area is 248 Å². The largest absolute Gasteiger partial charge is 0.446 e. The van der Waals surface area contributed by atoms with Crippen molar-refractivity contribution in [2.75, 3.05) is 152 Å². The van der Waals surface area contributed by atoms with E-state index >= 15 is 0 Å². The minimum absolute atomic E-state index is 0.164. The first-order chi connectivity index (χ1) is 20.8. The lowest BCUT2D eigenvalue weighted by Gasteiger charge is -2.09. The highest BCUT2D eigenvalue weighted by Gasteiger charge is 2.03. The fourth-order valence-electron chi connectivity index (χ4n) is 2.85. The molecule has 1 aromatic rings. The molecule has 0 saturated heterocycles. The highest BCUT2D eigenvalue weighted by atomic mass is 16.6. The van der Waals surface area contributed by atoms with Gasteiger partial charge in [-0.25, -0.2) is 14.3 Å². The standard InChI is InChI=1S/C27H50N2O13/c1-31-4-5-32-6-7-33-8-9-34-10-11-35-12-13-36-14-15-37-16-17-38-18-19-39-20-21-40-22-23-41-24-25-42-27(30)29-3-2-28-26-29/h2-3,26H,4-25H2,1H3. The molecular formula is C27H50N2O13. The van der Waals surface area contributed by atoms with E-state index in [4.69, 9.17) is 56.8 Å². The molecule has 0 aromatic carbocycles. The van der Waals surface area contributed by atoms with Crippen LogP contribution < -0.4 is 0 Å². The van der Waals surface area contributed by atoms with Gasteiger partial charge in [0.1, 0.15) is 12.9 Å². The van der Waals surface area contributed by atoms with E-state index in [1.165, 1.54) is 23.3 Å². The fraction of sp³-hybridized carbons (Fsp3) is 0.852. The fourth-order valence-corrected chi connectivity index (χ4v) is 2.85. The minimum Gasteiger partial charge on any atom is -0.446 e. The Kier molecular flexibility index (Phi) is 29.3. The van der Waals surface area contributed by atoms with E-state index in [0.717, 1.165) is 0 Å². The van der Waals surface area contributed by atoms with E-state index in [1.54, 1.807) is 7.11 Å². The molecule has 0 atom stereocenters. The van der Waals surface area contributed by atoms with Crippen LogP contribution in [-0.4, -0.2) is 168 Å². The first-order valence-electron chi connectivity index (χ1n) is 14.3. The van der Waals surface area contributed by atoms with Crippen LogP contribution in [0.1, 0.15) is 0 Å². The third kappa shape index (κ3) is 27.1. The van der Waals surface area contributed by atoms with Crippen molar-refractivity contribution in [2.24, 2.45) is 0 Å². The Bertz CT molecular complexity index is 670. The SMILES string of the molecule is COCCOCCOCCOCCOCCOCCOCCOCCOCCOCCOCCOC(=O)n1ccnc1. The van der Waals surface area contributed by atoms with Crippen LogP contribution in [0.25, 0.3) is 0 Å². The van der Waals surface area contributed by atoms with Gasteiger partial charge in [0.05, 0.1) is 139 Å². The summed E-state index contributed by atoms with van der Waals surface area (Å²) in [6.45, 7) is 10.5. The average Bonchev–Trinajstić information content (AvgIpc) is 3.55. The molecule has 0 amide bonds. The van der Waals surface area contributed by atoms with Gasteiger partial charge in [0, 0.05) is 19.5 Å². The summed E-state index contributed by atoms with van der Waals surface area (Å²) in [7, 11) is 1.64. The van der Waals surface area contributed by atoms with Gasteiger partial charge in [-0.1, -0.05) is 0 Å². The number of nitrogens with zero attached hydrogens (tertiary/aromatic N) is 2. The van der Waals surface area contributed by atoms with E-state index in [2.05, 4.69) is 4.98 Å². The van der Waals surface area contributed by atoms with Gasteiger partial charge in [0.15, 0.2) is 0 Å². The summed E-state index contributed by atoms with van der Waals surface area (Å²) in [6.07, 6.45) is 3.91. The molecule has 1 aromatic heterocycles. The normalized spacial score (nSPS) is 11.4. The molecule has 15 nitrogen and oxygen atoms in total. The Hall–Kier alpha value is -1.76. The number of hydrogen-bond donors (Lipinski definition) is 0. The monoisotopic (exact) mass is 610 g/mol. The minimum atomic E-state index is -0.488. The van der Waals surface area contributed by atoms with Gasteiger partial charge >= 0.3 is 6.09 Å². The summed E-state index contributed by atoms with van der Waals surface area (Å²) in [5.41, 5.74) is 0. The number of aromatic nitrogens is 2. The molecule has 0 aliphatic carbocycles. The molecule has 0 unspecified atom stereocenters. The Morgan fingerprint density at radius 2 is 0.762 bits per heavy atom. The zero-order chi connectivity index (χ0) is 30.0. The van der Waals surface area contributed by atoms with Gasteiger partial charge < -0.3 is 56.8 Å². The van der Waals surface area contributed by atoms with Crippen LogP contribution in [0.3, 0.4) is 0 Å². The smallest absolute Gasteiger partial charge is 0.419 e. The molecule has 1 rings (SSSR count). The molecule has 1 heterocycles. The maximum Gasteiger partial charge on any atom is 0.419 e. The summed E-state index contributed by atoms with van der Waals surface area (Å²) >= 11 is 0. The summed E-state index contributed by atoms with van der Waals surface area (Å²) in [5.74, 6) is 0. The second kappa shape index (κ2) is 32.2. The highest BCUT2D eigenvalue weighted by molar-refractivity contribution is 5.69. The van der Waals surface area contributed by atoms with Gasteiger partial charge in [0.2, 0.25) is 0 Å². The maximum absolute atomic E-state index is 11.6. The van der Waals surface area contributed by atoms with Crippen LogP contribution in [0.4, 0.5) is 4.79 Å². The predicted molar refractivity (Wildman–Crippen MR) is 149 cm³/mol. The lowest BCUT2D eigenvalue weighted by Crippen LogP contribution is -2.17.